The fourth-order valence-corrected chi connectivity index (χ4v) is 5.24. The summed E-state index contributed by atoms with van der Waals surface area (Å²) in [6, 6.07) is 5.61. The van der Waals surface area contributed by atoms with Gasteiger partial charge >= 0.3 is 0 Å². The third kappa shape index (κ3) is 2.98. The Hall–Kier alpha value is 0.510. The molecule has 94 valence electrons. The lowest BCUT2D eigenvalue weighted by molar-refractivity contribution is 0.103. The summed E-state index contributed by atoms with van der Waals surface area (Å²) in [5, 5.41) is 0. The predicted molar refractivity (Wildman–Crippen MR) is 89.7 cm³/mol. The zero-order valence-electron chi connectivity index (χ0n) is 9.06. The molecule has 0 radical (unpaired) electrons. The minimum absolute atomic E-state index is 0.00333. The maximum Gasteiger partial charge on any atom is 0.196 e. The molecule has 2 rings (SSSR count). The molecule has 0 saturated carbocycles. The summed E-state index contributed by atoms with van der Waals surface area (Å²) in [6.07, 6.45) is 0. The molecule has 0 spiro atoms. The molecule has 0 unspecified atom stereocenters. The molecule has 1 aromatic heterocycles. The average molecular weight is 518 g/mol. The smallest absolute Gasteiger partial charge is 0.196 e. The number of aryl methyl sites for hydroxylation is 1. The summed E-state index contributed by atoms with van der Waals surface area (Å²) < 4.78 is 3.50. The van der Waals surface area contributed by atoms with E-state index in [1.807, 2.05) is 25.1 Å². The Labute approximate surface area is 142 Å². The van der Waals surface area contributed by atoms with Gasteiger partial charge in [-0.15, -0.1) is 11.3 Å². The van der Waals surface area contributed by atoms with Crippen LogP contribution >= 0.6 is 75.1 Å². The van der Waals surface area contributed by atoms with E-state index < -0.39 is 0 Å². The van der Waals surface area contributed by atoms with Crippen LogP contribution in [0, 0.1) is 6.92 Å². The SMILES string of the molecule is Cc1cc(Br)c(C(=O)c2cc(Br)sc2Br)cc1Br. The van der Waals surface area contributed by atoms with Crippen molar-refractivity contribution in [3.05, 3.63) is 51.4 Å². The zero-order valence-corrected chi connectivity index (χ0v) is 16.2. The quantitative estimate of drug-likeness (QED) is 0.425. The molecule has 0 atom stereocenters. The van der Waals surface area contributed by atoms with E-state index in [2.05, 4.69) is 63.7 Å². The number of halogens is 4. The number of carbonyl (C=O) groups excluding carboxylic acids is 1. The Balaban J connectivity index is 2.53. The molecule has 0 aliphatic carbocycles. The summed E-state index contributed by atoms with van der Waals surface area (Å²) in [7, 11) is 0. The Morgan fingerprint density at radius 2 is 1.67 bits per heavy atom. The van der Waals surface area contributed by atoms with E-state index in [0.29, 0.717) is 11.1 Å². The van der Waals surface area contributed by atoms with Gasteiger partial charge in [0.25, 0.3) is 0 Å². The standard InChI is InChI=1S/C12H6Br4OS/c1-5-2-9(14)6(3-8(5)13)11(17)7-4-10(15)18-12(7)16/h2-4H,1H3. The van der Waals surface area contributed by atoms with Gasteiger partial charge in [-0.2, -0.15) is 0 Å². The summed E-state index contributed by atoms with van der Waals surface area (Å²) in [5.74, 6) is -0.00333. The Morgan fingerprint density at radius 1 is 1.00 bits per heavy atom. The normalized spacial score (nSPS) is 10.7. The van der Waals surface area contributed by atoms with Crippen LogP contribution in [-0.4, -0.2) is 5.78 Å². The molecule has 1 aromatic carbocycles. The highest BCUT2D eigenvalue weighted by atomic mass is 79.9. The van der Waals surface area contributed by atoms with Gasteiger partial charge in [-0.3, -0.25) is 4.79 Å². The van der Waals surface area contributed by atoms with Crippen molar-refractivity contribution in [2.75, 3.05) is 0 Å². The number of benzene rings is 1. The lowest BCUT2D eigenvalue weighted by Crippen LogP contribution is -2.02. The number of thiophene rings is 1. The Morgan fingerprint density at radius 3 is 2.22 bits per heavy atom. The first-order valence-corrected chi connectivity index (χ1v) is 8.84. The van der Waals surface area contributed by atoms with Gasteiger partial charge in [-0.25, -0.2) is 0 Å². The van der Waals surface area contributed by atoms with E-state index in [4.69, 9.17) is 0 Å². The minimum atomic E-state index is -0.00333. The van der Waals surface area contributed by atoms with Gasteiger partial charge < -0.3 is 0 Å². The van der Waals surface area contributed by atoms with Gasteiger partial charge in [0.2, 0.25) is 0 Å². The molecule has 0 saturated heterocycles. The second-order valence-corrected chi connectivity index (χ2v) is 9.11. The first-order chi connectivity index (χ1) is 8.40. The molecule has 0 fully saturated rings. The Kier molecular flexibility index (Phi) is 4.86. The zero-order chi connectivity index (χ0) is 13.4. The van der Waals surface area contributed by atoms with Crippen LogP contribution in [0.25, 0.3) is 0 Å². The first-order valence-electron chi connectivity index (χ1n) is 4.85. The molecule has 2 aromatic rings. The highest BCUT2D eigenvalue weighted by Crippen LogP contribution is 2.35. The van der Waals surface area contributed by atoms with Crippen LogP contribution in [0.4, 0.5) is 0 Å². The van der Waals surface area contributed by atoms with Crippen molar-refractivity contribution in [1.82, 2.24) is 0 Å². The predicted octanol–water partition coefficient (Wildman–Crippen LogP) is 6.34. The molecule has 0 N–H and O–H groups in total. The highest BCUT2D eigenvalue weighted by Gasteiger charge is 2.18. The monoisotopic (exact) mass is 514 g/mol. The van der Waals surface area contributed by atoms with Crippen molar-refractivity contribution >= 4 is 80.8 Å². The van der Waals surface area contributed by atoms with Gasteiger partial charge in [0.05, 0.1) is 7.57 Å². The summed E-state index contributed by atoms with van der Waals surface area (Å²) in [4.78, 5) is 12.5. The molecule has 6 heteroatoms. The fourth-order valence-electron chi connectivity index (χ4n) is 1.46. The molecule has 1 heterocycles. The maximum absolute atomic E-state index is 12.5. The third-order valence-electron chi connectivity index (χ3n) is 2.39. The van der Waals surface area contributed by atoms with E-state index in [0.717, 1.165) is 22.1 Å². The van der Waals surface area contributed by atoms with Crippen LogP contribution in [0.1, 0.15) is 21.5 Å². The lowest BCUT2D eigenvalue weighted by atomic mass is 10.0. The molecule has 0 amide bonds. The lowest BCUT2D eigenvalue weighted by Gasteiger charge is -2.06. The van der Waals surface area contributed by atoms with Crippen LogP contribution in [0.2, 0.25) is 0 Å². The van der Waals surface area contributed by atoms with Crippen molar-refractivity contribution in [3.63, 3.8) is 0 Å². The van der Waals surface area contributed by atoms with Crippen LogP contribution in [0.5, 0.6) is 0 Å². The topological polar surface area (TPSA) is 17.1 Å². The second-order valence-electron chi connectivity index (χ2n) is 3.65. The summed E-state index contributed by atoms with van der Waals surface area (Å²) in [6.45, 7) is 1.99. The van der Waals surface area contributed by atoms with Crippen LogP contribution in [0.3, 0.4) is 0 Å². The van der Waals surface area contributed by atoms with E-state index in [1.54, 1.807) is 0 Å². The number of carbonyl (C=O) groups is 1. The van der Waals surface area contributed by atoms with Gasteiger partial charge in [0, 0.05) is 20.1 Å². The number of hydrogen-bond acceptors (Lipinski definition) is 2. The average Bonchev–Trinajstić information content (AvgIpc) is 2.62. The van der Waals surface area contributed by atoms with Crippen molar-refractivity contribution < 1.29 is 4.79 Å². The number of hydrogen-bond donors (Lipinski definition) is 0. The van der Waals surface area contributed by atoms with Crippen LogP contribution in [-0.2, 0) is 0 Å². The third-order valence-corrected chi connectivity index (χ3v) is 6.24. The molecule has 0 aliphatic rings. The maximum atomic E-state index is 12.5. The minimum Gasteiger partial charge on any atom is -0.288 e. The molecule has 0 aliphatic heterocycles. The Bertz CT molecular complexity index is 633. The fraction of sp³-hybridized carbons (Fsp3) is 0.0833. The largest absolute Gasteiger partial charge is 0.288 e. The highest BCUT2D eigenvalue weighted by molar-refractivity contribution is 9.12. The van der Waals surface area contributed by atoms with Crippen LogP contribution in [0.15, 0.2) is 34.7 Å². The molecule has 1 nitrogen and oxygen atoms in total. The van der Waals surface area contributed by atoms with Gasteiger partial charge in [0.15, 0.2) is 5.78 Å². The van der Waals surface area contributed by atoms with Crippen molar-refractivity contribution in [2.24, 2.45) is 0 Å². The van der Waals surface area contributed by atoms with E-state index in [9.17, 15) is 4.79 Å². The van der Waals surface area contributed by atoms with Gasteiger partial charge in [-0.1, -0.05) is 31.9 Å². The molecule has 0 bridgehead atoms. The molecule has 18 heavy (non-hydrogen) atoms. The van der Waals surface area contributed by atoms with Crippen molar-refractivity contribution in [1.29, 1.82) is 0 Å². The van der Waals surface area contributed by atoms with E-state index in [1.165, 1.54) is 11.3 Å². The van der Waals surface area contributed by atoms with Crippen LogP contribution < -0.4 is 0 Å². The summed E-state index contributed by atoms with van der Waals surface area (Å²) >= 11 is 15.2. The second kappa shape index (κ2) is 5.87. The van der Waals surface area contributed by atoms with Gasteiger partial charge in [-0.05, 0) is 62.5 Å². The summed E-state index contributed by atoms with van der Waals surface area (Å²) in [5.41, 5.74) is 2.41. The number of ketones is 1. The van der Waals surface area contributed by atoms with Gasteiger partial charge in [0.1, 0.15) is 0 Å². The number of rotatable bonds is 2. The van der Waals surface area contributed by atoms with E-state index in [-0.39, 0.29) is 5.78 Å². The first kappa shape index (κ1) is 14.9. The molecular weight excluding hydrogens is 512 g/mol. The van der Waals surface area contributed by atoms with E-state index >= 15 is 0 Å². The molecular formula is C12H6Br4OS. The van der Waals surface area contributed by atoms with Crippen molar-refractivity contribution in [3.8, 4) is 0 Å². The van der Waals surface area contributed by atoms with Crippen molar-refractivity contribution in [2.45, 2.75) is 6.92 Å².